The molecule has 3 aromatic rings. The Morgan fingerprint density at radius 3 is 2.41 bits per heavy atom. The number of amides is 2. The fourth-order valence-electron chi connectivity index (χ4n) is 3.35. The number of thiophene rings is 1. The largest absolute Gasteiger partial charge is 0.332 e. The summed E-state index contributed by atoms with van der Waals surface area (Å²) in [5, 5.41) is 13.1. The number of nitrogens with zero attached hydrogens (tertiary/aromatic N) is 3. The first-order valence-electron chi connectivity index (χ1n) is 10.4. The van der Waals surface area contributed by atoms with E-state index in [1.165, 1.54) is 29.2 Å². The molecular formula is C24H25N3O4S. The molecule has 0 fully saturated rings. The molecule has 1 heterocycles. The van der Waals surface area contributed by atoms with Crippen molar-refractivity contribution in [1.82, 2.24) is 9.80 Å². The van der Waals surface area contributed by atoms with E-state index >= 15 is 0 Å². The van der Waals surface area contributed by atoms with Crippen molar-refractivity contribution < 1.29 is 14.5 Å². The molecule has 0 unspecified atom stereocenters. The van der Waals surface area contributed by atoms with Crippen molar-refractivity contribution in [2.75, 3.05) is 13.1 Å². The fourth-order valence-corrected chi connectivity index (χ4v) is 4.07. The topological polar surface area (TPSA) is 83.8 Å². The molecule has 166 valence electrons. The quantitative estimate of drug-likeness (QED) is 0.329. The first-order chi connectivity index (χ1) is 15.5. The standard InChI is InChI=1S/C24H25N3O4S/c1-2-13-25(24(29)20-10-6-11-21(15-20)27(30)31)18-23(28)26(17-22-12-7-14-32-22)16-19-8-4-3-5-9-19/h3-12,14-15H,2,13,16-18H2,1H3. The Morgan fingerprint density at radius 2 is 1.75 bits per heavy atom. The fraction of sp³-hybridized carbons (Fsp3) is 0.250. The number of non-ortho nitro benzene ring substituents is 1. The van der Waals surface area contributed by atoms with E-state index < -0.39 is 4.92 Å². The lowest BCUT2D eigenvalue weighted by Crippen LogP contribution is -2.42. The van der Waals surface area contributed by atoms with Gasteiger partial charge in [-0.1, -0.05) is 49.4 Å². The van der Waals surface area contributed by atoms with Gasteiger partial charge in [0.25, 0.3) is 11.6 Å². The zero-order valence-electron chi connectivity index (χ0n) is 17.8. The maximum absolute atomic E-state index is 13.3. The molecule has 0 aliphatic carbocycles. The monoisotopic (exact) mass is 451 g/mol. The van der Waals surface area contributed by atoms with Crippen LogP contribution in [0.3, 0.4) is 0 Å². The van der Waals surface area contributed by atoms with Gasteiger partial charge in [0.15, 0.2) is 0 Å². The van der Waals surface area contributed by atoms with Gasteiger partial charge in [0.1, 0.15) is 6.54 Å². The molecule has 32 heavy (non-hydrogen) atoms. The molecule has 0 saturated heterocycles. The number of nitro benzene ring substituents is 1. The summed E-state index contributed by atoms with van der Waals surface area (Å²) >= 11 is 1.58. The maximum atomic E-state index is 13.3. The summed E-state index contributed by atoms with van der Waals surface area (Å²) in [6.45, 7) is 3.10. The Labute approximate surface area is 191 Å². The number of nitro groups is 1. The lowest BCUT2D eigenvalue weighted by atomic mass is 10.1. The summed E-state index contributed by atoms with van der Waals surface area (Å²) in [6.07, 6.45) is 0.664. The summed E-state index contributed by atoms with van der Waals surface area (Å²) in [7, 11) is 0. The van der Waals surface area contributed by atoms with Crippen LogP contribution in [0.5, 0.6) is 0 Å². The number of hydrogen-bond acceptors (Lipinski definition) is 5. The van der Waals surface area contributed by atoms with E-state index in [9.17, 15) is 19.7 Å². The Hall–Kier alpha value is -3.52. The molecule has 3 rings (SSSR count). The Bertz CT molecular complexity index is 1050. The van der Waals surface area contributed by atoms with Crippen LogP contribution in [0.15, 0.2) is 72.1 Å². The zero-order valence-corrected chi connectivity index (χ0v) is 18.7. The molecule has 0 N–H and O–H groups in total. The highest BCUT2D eigenvalue weighted by Gasteiger charge is 2.23. The lowest BCUT2D eigenvalue weighted by Gasteiger charge is -2.27. The van der Waals surface area contributed by atoms with Crippen LogP contribution < -0.4 is 0 Å². The minimum atomic E-state index is -0.533. The highest BCUT2D eigenvalue weighted by Crippen LogP contribution is 2.18. The van der Waals surface area contributed by atoms with Crippen LogP contribution in [-0.4, -0.2) is 39.6 Å². The average molecular weight is 452 g/mol. The lowest BCUT2D eigenvalue weighted by molar-refractivity contribution is -0.384. The first kappa shape index (κ1) is 23.1. The summed E-state index contributed by atoms with van der Waals surface area (Å²) < 4.78 is 0. The van der Waals surface area contributed by atoms with Crippen LogP contribution in [0.1, 0.15) is 34.1 Å². The predicted molar refractivity (Wildman–Crippen MR) is 124 cm³/mol. The van der Waals surface area contributed by atoms with Gasteiger partial charge in [-0.2, -0.15) is 0 Å². The summed E-state index contributed by atoms with van der Waals surface area (Å²) in [4.78, 5) is 41.2. The van der Waals surface area contributed by atoms with Gasteiger partial charge in [0.2, 0.25) is 5.91 Å². The van der Waals surface area contributed by atoms with Crippen LogP contribution in [0.2, 0.25) is 0 Å². The molecule has 0 aliphatic rings. The molecule has 0 spiro atoms. The predicted octanol–water partition coefficient (Wildman–Crippen LogP) is 4.74. The molecule has 7 nitrogen and oxygen atoms in total. The van der Waals surface area contributed by atoms with E-state index in [2.05, 4.69) is 0 Å². The molecule has 1 aromatic heterocycles. The van der Waals surface area contributed by atoms with Crippen LogP contribution in [0.4, 0.5) is 5.69 Å². The van der Waals surface area contributed by atoms with Gasteiger partial charge in [-0.05, 0) is 29.5 Å². The van der Waals surface area contributed by atoms with Crippen molar-refractivity contribution in [3.8, 4) is 0 Å². The molecule has 0 bridgehead atoms. The Kier molecular flexibility index (Phi) is 8.10. The zero-order chi connectivity index (χ0) is 22.9. The van der Waals surface area contributed by atoms with E-state index in [0.717, 1.165) is 10.4 Å². The van der Waals surface area contributed by atoms with Crippen LogP contribution >= 0.6 is 11.3 Å². The molecular weight excluding hydrogens is 426 g/mol. The Morgan fingerprint density at radius 1 is 0.969 bits per heavy atom. The van der Waals surface area contributed by atoms with E-state index in [0.29, 0.717) is 26.1 Å². The van der Waals surface area contributed by atoms with Gasteiger partial charge in [0.05, 0.1) is 11.5 Å². The van der Waals surface area contributed by atoms with Gasteiger partial charge in [0, 0.05) is 35.7 Å². The van der Waals surface area contributed by atoms with Crippen molar-refractivity contribution in [1.29, 1.82) is 0 Å². The van der Waals surface area contributed by atoms with Gasteiger partial charge in [-0.3, -0.25) is 19.7 Å². The van der Waals surface area contributed by atoms with E-state index in [4.69, 9.17) is 0 Å². The molecule has 0 atom stereocenters. The average Bonchev–Trinajstić information content (AvgIpc) is 3.32. The molecule has 2 aromatic carbocycles. The van der Waals surface area contributed by atoms with Crippen LogP contribution in [0, 0.1) is 10.1 Å². The van der Waals surface area contributed by atoms with E-state index in [1.807, 2.05) is 54.8 Å². The number of benzene rings is 2. The molecule has 0 radical (unpaired) electrons. The van der Waals surface area contributed by atoms with Gasteiger partial charge in [-0.15, -0.1) is 11.3 Å². The van der Waals surface area contributed by atoms with Crippen molar-refractivity contribution in [2.45, 2.75) is 26.4 Å². The second kappa shape index (κ2) is 11.2. The summed E-state index contributed by atoms with van der Waals surface area (Å²) in [5.41, 5.74) is 1.06. The second-order valence-corrected chi connectivity index (χ2v) is 8.38. The highest BCUT2D eigenvalue weighted by molar-refractivity contribution is 7.09. The highest BCUT2D eigenvalue weighted by atomic mass is 32.1. The smallest absolute Gasteiger partial charge is 0.270 e. The van der Waals surface area contributed by atoms with Crippen LogP contribution in [-0.2, 0) is 17.9 Å². The van der Waals surface area contributed by atoms with Gasteiger partial charge < -0.3 is 9.80 Å². The SMILES string of the molecule is CCCN(CC(=O)N(Cc1ccccc1)Cc1cccs1)C(=O)c1cccc([N+](=O)[O-])c1. The first-order valence-corrected chi connectivity index (χ1v) is 11.2. The Balaban J connectivity index is 1.79. The van der Waals surface area contributed by atoms with Gasteiger partial charge in [-0.25, -0.2) is 0 Å². The van der Waals surface area contributed by atoms with E-state index in [-0.39, 0.29) is 29.6 Å². The minimum Gasteiger partial charge on any atom is -0.332 e. The van der Waals surface area contributed by atoms with E-state index in [1.54, 1.807) is 16.2 Å². The van der Waals surface area contributed by atoms with Crippen molar-refractivity contribution >= 4 is 28.8 Å². The maximum Gasteiger partial charge on any atom is 0.270 e. The molecule has 2 amide bonds. The van der Waals surface area contributed by atoms with Crippen molar-refractivity contribution in [3.63, 3.8) is 0 Å². The third-order valence-electron chi connectivity index (χ3n) is 4.91. The molecule has 8 heteroatoms. The van der Waals surface area contributed by atoms with Crippen LogP contribution in [0.25, 0.3) is 0 Å². The van der Waals surface area contributed by atoms with Gasteiger partial charge >= 0.3 is 0 Å². The summed E-state index contributed by atoms with van der Waals surface area (Å²) in [6, 6.07) is 19.3. The summed E-state index contributed by atoms with van der Waals surface area (Å²) in [5.74, 6) is -0.561. The molecule has 0 aliphatic heterocycles. The number of carbonyl (C=O) groups excluding carboxylic acids is 2. The minimum absolute atomic E-state index is 0.0897. The van der Waals surface area contributed by atoms with Crippen molar-refractivity contribution in [3.05, 3.63) is 98.2 Å². The third-order valence-corrected chi connectivity index (χ3v) is 5.77. The van der Waals surface area contributed by atoms with Crippen molar-refractivity contribution in [2.24, 2.45) is 0 Å². The number of carbonyl (C=O) groups is 2. The third kappa shape index (κ3) is 6.24. The normalized spacial score (nSPS) is 10.5. The number of hydrogen-bond donors (Lipinski definition) is 0. The second-order valence-electron chi connectivity index (χ2n) is 7.35. The number of rotatable bonds is 10. The molecule has 0 saturated carbocycles.